The van der Waals surface area contributed by atoms with Crippen molar-refractivity contribution in [2.45, 2.75) is 46.1 Å². The fraction of sp³-hybridized carbons (Fsp3) is 0.643. The molecule has 0 heterocycles. The molecule has 1 rings (SSSR count). The van der Waals surface area contributed by atoms with Crippen LogP contribution in [0.2, 0.25) is 0 Å². The number of carbonyl (C=O) groups excluding carboxylic acids is 3. The van der Waals surface area contributed by atoms with Gasteiger partial charge in [-0.15, -0.1) is 0 Å². The zero-order chi connectivity index (χ0) is 14.8. The largest absolute Gasteiger partial charge is 0.330 e. The molecule has 1 aliphatic carbocycles. The highest BCUT2D eigenvalue weighted by Crippen LogP contribution is 2.34. The summed E-state index contributed by atoms with van der Waals surface area (Å²) >= 11 is 0. The van der Waals surface area contributed by atoms with Gasteiger partial charge in [-0.1, -0.05) is 13.8 Å². The summed E-state index contributed by atoms with van der Waals surface area (Å²) in [6, 6.07) is -0.743. The van der Waals surface area contributed by atoms with Crippen LogP contribution in [0.1, 0.15) is 40.0 Å². The van der Waals surface area contributed by atoms with Crippen LogP contribution in [-0.4, -0.2) is 29.9 Å². The van der Waals surface area contributed by atoms with Crippen LogP contribution in [0.3, 0.4) is 0 Å². The highest BCUT2D eigenvalue weighted by atomic mass is 16.2. The molecular formula is C14H22N2O3. The monoisotopic (exact) mass is 266 g/mol. The highest BCUT2D eigenvalue weighted by Gasteiger charge is 2.37. The second-order valence-corrected chi connectivity index (χ2v) is 5.91. The van der Waals surface area contributed by atoms with Crippen molar-refractivity contribution in [2.75, 3.05) is 6.54 Å². The number of hydrogen-bond donors (Lipinski definition) is 2. The number of Topliss-reactive ketones (excluding diaryl/α,β-unsaturated/α-hetero) is 3. The van der Waals surface area contributed by atoms with Gasteiger partial charge in [0.15, 0.2) is 17.3 Å². The first-order valence-electron chi connectivity index (χ1n) is 6.47. The smallest absolute Gasteiger partial charge is 0.176 e. The summed E-state index contributed by atoms with van der Waals surface area (Å²) in [7, 11) is 0. The second-order valence-electron chi connectivity index (χ2n) is 5.91. The van der Waals surface area contributed by atoms with Gasteiger partial charge in [0.25, 0.3) is 0 Å². The van der Waals surface area contributed by atoms with E-state index in [4.69, 9.17) is 11.5 Å². The fourth-order valence-electron chi connectivity index (χ4n) is 2.39. The van der Waals surface area contributed by atoms with Crippen LogP contribution in [0.15, 0.2) is 11.1 Å². The van der Waals surface area contributed by atoms with E-state index in [2.05, 4.69) is 0 Å². The van der Waals surface area contributed by atoms with E-state index in [1.54, 1.807) is 0 Å². The Morgan fingerprint density at radius 3 is 2.16 bits per heavy atom. The lowest BCUT2D eigenvalue weighted by Crippen LogP contribution is -2.37. The van der Waals surface area contributed by atoms with E-state index in [0.29, 0.717) is 13.0 Å². The van der Waals surface area contributed by atoms with Gasteiger partial charge >= 0.3 is 0 Å². The highest BCUT2D eigenvalue weighted by molar-refractivity contribution is 6.26. The third-order valence-corrected chi connectivity index (χ3v) is 3.39. The maximum absolute atomic E-state index is 12.1. The molecular weight excluding hydrogens is 244 g/mol. The Morgan fingerprint density at radius 1 is 1.26 bits per heavy atom. The number of hydrogen-bond acceptors (Lipinski definition) is 5. The molecule has 1 atom stereocenters. The van der Waals surface area contributed by atoms with E-state index in [-0.39, 0.29) is 46.8 Å². The van der Waals surface area contributed by atoms with Gasteiger partial charge < -0.3 is 11.5 Å². The Balaban J connectivity index is 3.05. The van der Waals surface area contributed by atoms with Gasteiger partial charge in [0.1, 0.15) is 0 Å². The van der Waals surface area contributed by atoms with E-state index in [1.807, 2.05) is 13.8 Å². The molecule has 106 valence electrons. The zero-order valence-electron chi connectivity index (χ0n) is 11.8. The molecule has 1 aliphatic rings. The van der Waals surface area contributed by atoms with E-state index < -0.39 is 6.04 Å². The van der Waals surface area contributed by atoms with Crippen molar-refractivity contribution in [3.8, 4) is 0 Å². The molecule has 19 heavy (non-hydrogen) atoms. The first-order valence-corrected chi connectivity index (χ1v) is 6.47. The number of allylic oxidation sites excluding steroid dienone is 1. The Kier molecular flexibility index (Phi) is 4.76. The summed E-state index contributed by atoms with van der Waals surface area (Å²) in [5, 5.41) is 0. The maximum Gasteiger partial charge on any atom is 0.176 e. The molecule has 0 spiro atoms. The van der Waals surface area contributed by atoms with E-state index in [1.165, 1.54) is 6.92 Å². The first kappa shape index (κ1) is 15.7. The molecule has 5 nitrogen and oxygen atoms in total. The minimum absolute atomic E-state index is 0.0387. The molecule has 1 saturated carbocycles. The Hall–Kier alpha value is -1.33. The average Bonchev–Trinajstić information content (AvgIpc) is 2.25. The summed E-state index contributed by atoms with van der Waals surface area (Å²) in [5.41, 5.74) is 10.9. The third-order valence-electron chi connectivity index (χ3n) is 3.39. The maximum atomic E-state index is 12.1. The van der Waals surface area contributed by atoms with Crippen LogP contribution < -0.4 is 11.5 Å². The van der Waals surface area contributed by atoms with Gasteiger partial charge in [-0.2, -0.15) is 0 Å². The Labute approximate surface area is 113 Å². The van der Waals surface area contributed by atoms with Crippen molar-refractivity contribution >= 4 is 17.3 Å². The predicted octanol–water partition coefficient (Wildman–Crippen LogP) is 0.506. The Morgan fingerprint density at radius 2 is 1.74 bits per heavy atom. The number of ketones is 3. The van der Waals surface area contributed by atoms with Gasteiger partial charge in [0.05, 0.1) is 11.6 Å². The van der Waals surface area contributed by atoms with E-state index >= 15 is 0 Å². The van der Waals surface area contributed by atoms with Gasteiger partial charge in [0, 0.05) is 18.4 Å². The minimum atomic E-state index is -0.743. The topological polar surface area (TPSA) is 103 Å². The molecule has 1 fully saturated rings. The third kappa shape index (κ3) is 3.58. The molecule has 0 unspecified atom stereocenters. The lowest BCUT2D eigenvalue weighted by molar-refractivity contribution is -0.128. The van der Waals surface area contributed by atoms with Gasteiger partial charge in [-0.25, -0.2) is 0 Å². The van der Waals surface area contributed by atoms with Crippen molar-refractivity contribution in [3.05, 3.63) is 11.1 Å². The fourth-order valence-corrected chi connectivity index (χ4v) is 2.39. The normalized spacial score (nSPS) is 20.4. The molecule has 0 aliphatic heterocycles. The van der Waals surface area contributed by atoms with Gasteiger partial charge in [-0.3, -0.25) is 14.4 Å². The van der Waals surface area contributed by atoms with Crippen molar-refractivity contribution in [3.63, 3.8) is 0 Å². The summed E-state index contributed by atoms with van der Waals surface area (Å²) in [6.07, 6.45) is 0.910. The van der Waals surface area contributed by atoms with Crippen molar-refractivity contribution in [1.82, 2.24) is 0 Å². The van der Waals surface area contributed by atoms with Crippen LogP contribution >= 0.6 is 0 Å². The van der Waals surface area contributed by atoms with Crippen LogP contribution in [0.4, 0.5) is 0 Å². The minimum Gasteiger partial charge on any atom is -0.330 e. The molecule has 4 N–H and O–H groups in total. The van der Waals surface area contributed by atoms with Gasteiger partial charge in [0.2, 0.25) is 0 Å². The van der Waals surface area contributed by atoms with Gasteiger partial charge in [-0.05, 0) is 25.3 Å². The first-order chi connectivity index (χ1) is 8.69. The van der Waals surface area contributed by atoms with Crippen molar-refractivity contribution < 1.29 is 14.4 Å². The van der Waals surface area contributed by atoms with Crippen molar-refractivity contribution in [1.29, 1.82) is 0 Å². The molecule has 0 bridgehead atoms. The molecule has 0 aromatic rings. The zero-order valence-corrected chi connectivity index (χ0v) is 11.8. The molecule has 0 saturated heterocycles. The molecule has 0 aromatic heterocycles. The summed E-state index contributed by atoms with van der Waals surface area (Å²) in [6.45, 7) is 5.54. The van der Waals surface area contributed by atoms with Crippen LogP contribution in [0.5, 0.6) is 0 Å². The van der Waals surface area contributed by atoms with Crippen molar-refractivity contribution in [2.24, 2.45) is 16.9 Å². The molecule has 5 heteroatoms. The van der Waals surface area contributed by atoms with Crippen LogP contribution in [0.25, 0.3) is 0 Å². The van der Waals surface area contributed by atoms with Crippen LogP contribution in [-0.2, 0) is 14.4 Å². The quantitative estimate of drug-likeness (QED) is 0.570. The summed E-state index contributed by atoms with van der Waals surface area (Å²) < 4.78 is 0. The number of rotatable bonds is 4. The Bertz CT molecular complexity index is 428. The van der Waals surface area contributed by atoms with Crippen LogP contribution in [0, 0.1) is 5.41 Å². The molecule has 0 aromatic carbocycles. The number of nitrogens with two attached hydrogens (primary N) is 2. The summed E-state index contributed by atoms with van der Waals surface area (Å²) in [4.78, 5) is 36.1. The lowest BCUT2D eigenvalue weighted by Gasteiger charge is -2.29. The molecule has 0 amide bonds. The lowest BCUT2D eigenvalue weighted by atomic mass is 9.72. The summed E-state index contributed by atoms with van der Waals surface area (Å²) in [5.74, 6) is -0.874. The van der Waals surface area contributed by atoms with E-state index in [0.717, 1.165) is 0 Å². The van der Waals surface area contributed by atoms with E-state index in [9.17, 15) is 14.4 Å². The second kappa shape index (κ2) is 5.75. The predicted molar refractivity (Wildman–Crippen MR) is 72.4 cm³/mol. The average molecular weight is 266 g/mol. The molecule has 0 radical (unpaired) electrons. The SMILES string of the molecule is CC(C(=O)[C@@H](N)CCN)=C1C(=O)CC(C)(C)CC1=O. The number of carbonyl (C=O) groups is 3. The standard InChI is InChI=1S/C14H22N2O3/c1-8(13(19)9(16)4-5-15)12-10(17)6-14(2,3)7-11(12)18/h9H,4-7,15-16H2,1-3H3/t9-/m0/s1.